The van der Waals surface area contributed by atoms with Crippen molar-refractivity contribution in [3.63, 3.8) is 0 Å². The Hall–Kier alpha value is -3.22. The van der Waals surface area contributed by atoms with E-state index in [0.29, 0.717) is 30.4 Å². The summed E-state index contributed by atoms with van der Waals surface area (Å²) in [4.78, 5) is 19.8. The highest BCUT2D eigenvalue weighted by Crippen LogP contribution is 2.30. The maximum absolute atomic E-state index is 13.8. The number of carbonyl (C=O) groups excluding carboxylic acids is 1. The minimum atomic E-state index is -0.365. The van der Waals surface area contributed by atoms with Crippen LogP contribution in [0.1, 0.15) is 35.7 Å². The maximum atomic E-state index is 13.8. The average molecular weight is 422 g/mol. The molecule has 0 unspecified atom stereocenters. The summed E-state index contributed by atoms with van der Waals surface area (Å²) in [6.45, 7) is 5.47. The van der Waals surface area contributed by atoms with Crippen molar-refractivity contribution >= 4 is 11.7 Å². The van der Waals surface area contributed by atoms with Crippen LogP contribution in [0.15, 0.2) is 48.9 Å². The summed E-state index contributed by atoms with van der Waals surface area (Å²) in [5.41, 5.74) is 3.58. The molecule has 1 aliphatic heterocycles. The van der Waals surface area contributed by atoms with Gasteiger partial charge in [-0.2, -0.15) is 5.10 Å². The molecule has 1 saturated heterocycles. The third-order valence-electron chi connectivity index (χ3n) is 6.02. The van der Waals surface area contributed by atoms with Crippen molar-refractivity contribution in [2.75, 3.05) is 18.4 Å². The van der Waals surface area contributed by atoms with Crippen LogP contribution in [-0.4, -0.2) is 44.7 Å². The lowest BCUT2D eigenvalue weighted by Crippen LogP contribution is -2.51. The first-order valence-corrected chi connectivity index (χ1v) is 10.7. The number of hydrogen-bond donors (Lipinski definition) is 1. The van der Waals surface area contributed by atoms with Crippen molar-refractivity contribution in [2.45, 2.75) is 32.7 Å². The number of amides is 1. The number of anilines is 1. The molecule has 1 amide bonds. The van der Waals surface area contributed by atoms with Gasteiger partial charge in [0.1, 0.15) is 11.6 Å². The van der Waals surface area contributed by atoms with E-state index >= 15 is 0 Å². The SMILES string of the molecule is Cc1ccc(-c2cnn(C)c2)c(C(=O)N2CCC[C@@H](C)[C@H]2CNc2ccc(F)cn2)c1. The predicted molar refractivity (Wildman–Crippen MR) is 119 cm³/mol. The number of hydrogen-bond acceptors (Lipinski definition) is 4. The normalized spacial score (nSPS) is 18.8. The van der Waals surface area contributed by atoms with E-state index in [0.717, 1.165) is 29.5 Å². The molecule has 6 nitrogen and oxygen atoms in total. The number of nitrogens with one attached hydrogen (secondary N) is 1. The van der Waals surface area contributed by atoms with Crippen LogP contribution in [-0.2, 0) is 7.05 Å². The zero-order valence-electron chi connectivity index (χ0n) is 18.2. The topological polar surface area (TPSA) is 63.1 Å². The third-order valence-corrected chi connectivity index (χ3v) is 6.02. The predicted octanol–water partition coefficient (Wildman–Crippen LogP) is 4.28. The van der Waals surface area contributed by atoms with Crippen LogP contribution >= 0.6 is 0 Å². The molecule has 2 aromatic heterocycles. The van der Waals surface area contributed by atoms with E-state index in [1.54, 1.807) is 16.9 Å². The molecule has 1 aromatic carbocycles. The zero-order chi connectivity index (χ0) is 22.0. The van der Waals surface area contributed by atoms with Crippen LogP contribution < -0.4 is 5.32 Å². The Kier molecular flexibility index (Phi) is 6.02. The fourth-order valence-corrected chi connectivity index (χ4v) is 4.30. The molecular formula is C24H28FN5O. The van der Waals surface area contributed by atoms with Gasteiger partial charge < -0.3 is 10.2 Å². The molecule has 0 bridgehead atoms. The number of halogens is 1. The molecule has 2 atom stereocenters. The van der Waals surface area contributed by atoms with Crippen molar-refractivity contribution < 1.29 is 9.18 Å². The number of aromatic nitrogens is 3. The molecule has 3 heterocycles. The molecule has 1 fully saturated rings. The molecular weight excluding hydrogens is 393 g/mol. The van der Waals surface area contributed by atoms with Crippen molar-refractivity contribution in [3.8, 4) is 11.1 Å². The average Bonchev–Trinajstić information content (AvgIpc) is 3.19. The van der Waals surface area contributed by atoms with Crippen LogP contribution in [0.4, 0.5) is 10.2 Å². The van der Waals surface area contributed by atoms with Crippen molar-refractivity contribution in [1.82, 2.24) is 19.7 Å². The smallest absolute Gasteiger partial charge is 0.254 e. The lowest BCUT2D eigenvalue weighted by Gasteiger charge is -2.40. The van der Waals surface area contributed by atoms with Gasteiger partial charge in [0, 0.05) is 37.5 Å². The lowest BCUT2D eigenvalue weighted by atomic mass is 9.89. The Morgan fingerprint density at radius 1 is 1.26 bits per heavy atom. The number of rotatable bonds is 5. The van der Waals surface area contributed by atoms with Crippen molar-refractivity contribution in [2.24, 2.45) is 13.0 Å². The van der Waals surface area contributed by atoms with Gasteiger partial charge in [-0.05, 0) is 49.4 Å². The van der Waals surface area contributed by atoms with Crippen molar-refractivity contribution in [3.05, 3.63) is 65.9 Å². The fourth-order valence-electron chi connectivity index (χ4n) is 4.30. The van der Waals surface area contributed by atoms with Gasteiger partial charge in [0.25, 0.3) is 5.91 Å². The molecule has 0 spiro atoms. The van der Waals surface area contributed by atoms with Crippen LogP contribution in [0.3, 0.4) is 0 Å². The number of likely N-dealkylation sites (tertiary alicyclic amines) is 1. The molecule has 4 rings (SSSR count). The second-order valence-electron chi connectivity index (χ2n) is 8.38. The highest BCUT2D eigenvalue weighted by Gasteiger charge is 2.33. The van der Waals surface area contributed by atoms with Gasteiger partial charge in [-0.3, -0.25) is 9.48 Å². The highest BCUT2D eigenvalue weighted by atomic mass is 19.1. The standard InChI is InChI=1S/C24H28FN5O/c1-16-6-8-20(18-12-28-29(3)15-18)21(11-16)24(31)30-10-4-5-17(2)22(30)14-27-23-9-7-19(25)13-26-23/h6-9,11-13,15,17,22H,4-5,10,14H2,1-3H3,(H,26,27)/t17-,22-/m1/s1. The van der Waals surface area contributed by atoms with Gasteiger partial charge in [-0.25, -0.2) is 9.37 Å². The minimum absolute atomic E-state index is 0.0235. The second-order valence-corrected chi connectivity index (χ2v) is 8.38. The van der Waals surface area contributed by atoms with E-state index in [9.17, 15) is 9.18 Å². The maximum Gasteiger partial charge on any atom is 0.254 e. The summed E-state index contributed by atoms with van der Waals surface area (Å²) >= 11 is 0. The van der Waals surface area contributed by atoms with E-state index < -0.39 is 0 Å². The highest BCUT2D eigenvalue weighted by molar-refractivity contribution is 6.01. The van der Waals surface area contributed by atoms with Crippen LogP contribution in [0.25, 0.3) is 11.1 Å². The molecule has 1 N–H and O–H groups in total. The molecule has 7 heteroatoms. The summed E-state index contributed by atoms with van der Waals surface area (Å²) in [7, 11) is 1.87. The first-order chi connectivity index (χ1) is 14.9. The van der Waals surface area contributed by atoms with E-state index in [4.69, 9.17) is 0 Å². The van der Waals surface area contributed by atoms with Crippen LogP contribution in [0.2, 0.25) is 0 Å². The fraction of sp³-hybridized carbons (Fsp3) is 0.375. The van der Waals surface area contributed by atoms with Crippen molar-refractivity contribution in [1.29, 1.82) is 0 Å². The first kappa shape index (κ1) is 21.0. The Morgan fingerprint density at radius 3 is 2.81 bits per heavy atom. The number of piperidine rings is 1. The molecule has 162 valence electrons. The Morgan fingerprint density at radius 2 is 2.10 bits per heavy atom. The van der Waals surface area contributed by atoms with Gasteiger partial charge >= 0.3 is 0 Å². The number of aryl methyl sites for hydroxylation is 2. The Balaban J connectivity index is 1.61. The van der Waals surface area contributed by atoms with E-state index in [-0.39, 0.29) is 17.8 Å². The molecule has 0 aliphatic carbocycles. The molecule has 31 heavy (non-hydrogen) atoms. The monoisotopic (exact) mass is 421 g/mol. The summed E-state index contributed by atoms with van der Waals surface area (Å²) in [5, 5.41) is 7.56. The molecule has 0 radical (unpaired) electrons. The van der Waals surface area contributed by atoms with Crippen LogP contribution in [0.5, 0.6) is 0 Å². The third kappa shape index (κ3) is 4.60. The van der Waals surface area contributed by atoms with E-state index in [2.05, 4.69) is 22.3 Å². The van der Waals surface area contributed by atoms with Gasteiger partial charge in [0.05, 0.1) is 18.4 Å². The molecule has 0 saturated carbocycles. The number of carbonyl (C=O) groups is 1. The van der Waals surface area contributed by atoms with Gasteiger partial charge in [0.15, 0.2) is 0 Å². The summed E-state index contributed by atoms with van der Waals surface area (Å²) in [6, 6.07) is 9.02. The Bertz CT molecular complexity index is 1060. The number of pyridine rings is 1. The summed E-state index contributed by atoms with van der Waals surface area (Å²) in [6.07, 6.45) is 6.96. The zero-order valence-corrected chi connectivity index (χ0v) is 18.2. The lowest BCUT2D eigenvalue weighted by molar-refractivity contribution is 0.0540. The second kappa shape index (κ2) is 8.88. The number of nitrogens with zero attached hydrogens (tertiary/aromatic N) is 4. The van der Waals surface area contributed by atoms with E-state index in [1.165, 1.54) is 12.3 Å². The minimum Gasteiger partial charge on any atom is -0.368 e. The first-order valence-electron chi connectivity index (χ1n) is 10.7. The van der Waals surface area contributed by atoms with E-state index in [1.807, 2.05) is 43.3 Å². The summed E-state index contributed by atoms with van der Waals surface area (Å²) < 4.78 is 14.9. The number of benzene rings is 1. The molecule has 1 aliphatic rings. The summed E-state index contributed by atoms with van der Waals surface area (Å²) in [5.74, 6) is 0.624. The largest absolute Gasteiger partial charge is 0.368 e. The van der Waals surface area contributed by atoms with Crippen LogP contribution in [0, 0.1) is 18.7 Å². The van der Waals surface area contributed by atoms with Gasteiger partial charge in [-0.1, -0.05) is 24.6 Å². The van der Waals surface area contributed by atoms with Gasteiger partial charge in [-0.15, -0.1) is 0 Å². The quantitative estimate of drug-likeness (QED) is 0.668. The Labute approximate surface area is 182 Å². The molecule has 3 aromatic rings. The van der Waals surface area contributed by atoms with Gasteiger partial charge in [0.2, 0.25) is 0 Å².